The first-order valence-corrected chi connectivity index (χ1v) is 3.06. The molecule has 1 aromatic rings. The first-order valence-electron chi connectivity index (χ1n) is 3.06. The maximum Gasteiger partial charge on any atom is 0.331 e. The summed E-state index contributed by atoms with van der Waals surface area (Å²) in [5.41, 5.74) is 0. The fourth-order valence-electron chi connectivity index (χ4n) is 0.573. The van der Waals surface area contributed by atoms with Crippen molar-refractivity contribution in [3.63, 3.8) is 0 Å². The van der Waals surface area contributed by atoms with Gasteiger partial charge in [0.15, 0.2) is 0 Å². The third kappa shape index (κ3) is 2.25. The van der Waals surface area contributed by atoms with Gasteiger partial charge in [-0.05, 0) is 0 Å². The number of esters is 1. The van der Waals surface area contributed by atoms with Crippen LogP contribution in [0.5, 0.6) is 0 Å². The minimum Gasteiger partial charge on any atom is -0.466 e. The van der Waals surface area contributed by atoms with E-state index in [0.717, 1.165) is 0 Å². The zero-order valence-corrected chi connectivity index (χ0v) is 6.10. The lowest BCUT2D eigenvalue weighted by Gasteiger charge is -1.90. The van der Waals surface area contributed by atoms with Gasteiger partial charge in [-0.1, -0.05) is 0 Å². The smallest absolute Gasteiger partial charge is 0.331 e. The van der Waals surface area contributed by atoms with Gasteiger partial charge in [0.1, 0.15) is 0 Å². The van der Waals surface area contributed by atoms with Crippen molar-refractivity contribution in [1.29, 1.82) is 0 Å². The Bertz CT molecular complexity index is 251. The van der Waals surface area contributed by atoms with Gasteiger partial charge in [-0.15, -0.1) is 0 Å². The molecule has 0 fully saturated rings. The molecule has 4 nitrogen and oxygen atoms in total. The third-order valence-corrected chi connectivity index (χ3v) is 1.11. The lowest BCUT2D eigenvalue weighted by molar-refractivity contribution is -0.134. The maximum absolute atomic E-state index is 10.6. The topological polar surface area (TPSA) is 44.1 Å². The van der Waals surface area contributed by atoms with Crippen molar-refractivity contribution in [3.8, 4) is 0 Å². The molecule has 0 aliphatic heterocycles. The van der Waals surface area contributed by atoms with Crippen LogP contribution in [0.15, 0.2) is 24.8 Å². The summed E-state index contributed by atoms with van der Waals surface area (Å²) < 4.78 is 6.04. The van der Waals surface area contributed by atoms with Crippen LogP contribution in [-0.2, 0) is 9.53 Å². The Labute approximate surface area is 64.1 Å². The molecule has 1 aromatic heterocycles. The number of nitrogens with zero attached hydrogens (tertiary/aromatic N) is 2. The van der Waals surface area contributed by atoms with Crippen LogP contribution in [0, 0.1) is 0 Å². The third-order valence-electron chi connectivity index (χ3n) is 1.11. The van der Waals surface area contributed by atoms with Gasteiger partial charge in [-0.2, -0.15) is 0 Å². The van der Waals surface area contributed by atoms with Crippen LogP contribution >= 0.6 is 0 Å². The van der Waals surface area contributed by atoms with Crippen LogP contribution in [0.2, 0.25) is 0 Å². The van der Waals surface area contributed by atoms with Gasteiger partial charge in [0, 0.05) is 24.7 Å². The van der Waals surface area contributed by atoms with E-state index in [9.17, 15) is 4.79 Å². The summed E-state index contributed by atoms with van der Waals surface area (Å²) in [6.45, 7) is 0. The van der Waals surface area contributed by atoms with E-state index in [-0.39, 0.29) is 5.97 Å². The molecule has 0 N–H and O–H groups in total. The van der Waals surface area contributed by atoms with Crippen molar-refractivity contribution in [2.75, 3.05) is 7.11 Å². The molecule has 0 saturated carbocycles. The van der Waals surface area contributed by atoms with Crippen molar-refractivity contribution in [2.45, 2.75) is 0 Å². The van der Waals surface area contributed by atoms with Crippen molar-refractivity contribution in [3.05, 3.63) is 24.8 Å². The van der Waals surface area contributed by atoms with Gasteiger partial charge in [0.05, 0.1) is 13.4 Å². The molecule has 0 aliphatic carbocycles. The Morgan fingerprint density at radius 2 is 2.55 bits per heavy atom. The van der Waals surface area contributed by atoms with Gasteiger partial charge in [-0.25, -0.2) is 9.78 Å². The molecule has 11 heavy (non-hydrogen) atoms. The summed E-state index contributed by atoms with van der Waals surface area (Å²) in [5, 5.41) is 0. The number of rotatable bonds is 2. The molecular formula is C7H8N2O2. The van der Waals surface area contributed by atoms with Gasteiger partial charge in [0.25, 0.3) is 0 Å². The van der Waals surface area contributed by atoms with Crippen LogP contribution in [0.1, 0.15) is 0 Å². The molecule has 4 heteroatoms. The van der Waals surface area contributed by atoms with Crippen LogP contribution < -0.4 is 0 Å². The summed E-state index contributed by atoms with van der Waals surface area (Å²) in [4.78, 5) is 14.3. The molecule has 0 aliphatic rings. The minimum absolute atomic E-state index is 0.376. The van der Waals surface area contributed by atoms with Crippen molar-refractivity contribution in [1.82, 2.24) is 9.55 Å². The standard InChI is InChI=1S/C7H8N2O2/c1-11-7(10)2-4-9-5-3-8-6-9/h2-6H,1H3/b4-2+. The molecule has 0 saturated heterocycles. The monoisotopic (exact) mass is 152 g/mol. The number of ether oxygens (including phenoxy) is 1. The van der Waals surface area contributed by atoms with Gasteiger partial charge < -0.3 is 9.30 Å². The lowest BCUT2D eigenvalue weighted by Crippen LogP contribution is -1.94. The molecule has 58 valence electrons. The van der Waals surface area contributed by atoms with Crippen molar-refractivity contribution < 1.29 is 9.53 Å². The molecule has 0 unspecified atom stereocenters. The van der Waals surface area contributed by atoms with Crippen LogP contribution in [0.4, 0.5) is 0 Å². The predicted molar refractivity (Wildman–Crippen MR) is 39.6 cm³/mol. The number of aromatic nitrogens is 2. The summed E-state index contributed by atoms with van der Waals surface area (Å²) in [6, 6.07) is 0. The highest BCUT2D eigenvalue weighted by Crippen LogP contribution is 1.87. The van der Waals surface area contributed by atoms with E-state index in [2.05, 4.69) is 9.72 Å². The first kappa shape index (κ1) is 7.53. The molecule has 1 heterocycles. The number of methoxy groups -OCH3 is 1. The van der Waals surface area contributed by atoms with Crippen LogP contribution in [-0.4, -0.2) is 22.6 Å². The Hall–Kier alpha value is -1.58. The molecule has 1 rings (SSSR count). The summed E-state index contributed by atoms with van der Waals surface area (Å²) in [5.74, 6) is -0.376. The van der Waals surface area contributed by atoms with E-state index < -0.39 is 0 Å². The fraction of sp³-hybridized carbons (Fsp3) is 0.143. The maximum atomic E-state index is 10.6. The van der Waals surface area contributed by atoms with E-state index in [1.54, 1.807) is 29.5 Å². The Kier molecular flexibility index (Phi) is 2.43. The highest BCUT2D eigenvalue weighted by atomic mass is 16.5. The van der Waals surface area contributed by atoms with E-state index in [4.69, 9.17) is 0 Å². The second kappa shape index (κ2) is 3.55. The second-order valence-electron chi connectivity index (χ2n) is 1.85. The largest absolute Gasteiger partial charge is 0.466 e. The number of carbonyl (C=O) groups is 1. The van der Waals surface area contributed by atoms with Crippen molar-refractivity contribution >= 4 is 12.2 Å². The number of carbonyl (C=O) groups excluding carboxylic acids is 1. The SMILES string of the molecule is COC(=O)/C=C/n1ccnc1. The highest BCUT2D eigenvalue weighted by molar-refractivity contribution is 5.84. The quantitative estimate of drug-likeness (QED) is 0.458. The summed E-state index contributed by atoms with van der Waals surface area (Å²) >= 11 is 0. The molecule has 0 spiro atoms. The number of imidazole rings is 1. The molecule has 0 atom stereocenters. The second-order valence-corrected chi connectivity index (χ2v) is 1.85. The van der Waals surface area contributed by atoms with E-state index in [0.29, 0.717) is 0 Å². The van der Waals surface area contributed by atoms with Gasteiger partial charge >= 0.3 is 5.97 Å². The Morgan fingerprint density at radius 3 is 3.09 bits per heavy atom. The molecule has 0 aromatic carbocycles. The highest BCUT2D eigenvalue weighted by Gasteiger charge is 1.89. The Morgan fingerprint density at radius 1 is 1.73 bits per heavy atom. The average Bonchev–Trinajstić information content (AvgIpc) is 2.52. The molecular weight excluding hydrogens is 144 g/mol. The average molecular weight is 152 g/mol. The van der Waals surface area contributed by atoms with Crippen molar-refractivity contribution in [2.24, 2.45) is 0 Å². The number of hydrogen-bond acceptors (Lipinski definition) is 3. The normalized spacial score (nSPS) is 10.3. The van der Waals surface area contributed by atoms with Crippen LogP contribution in [0.3, 0.4) is 0 Å². The Balaban J connectivity index is 2.55. The summed E-state index contributed by atoms with van der Waals surface area (Å²) in [7, 11) is 1.33. The number of hydrogen-bond donors (Lipinski definition) is 0. The molecule has 0 bridgehead atoms. The zero-order valence-electron chi connectivity index (χ0n) is 6.10. The molecule has 0 radical (unpaired) electrons. The van der Waals surface area contributed by atoms with E-state index in [1.165, 1.54) is 13.2 Å². The fourth-order valence-corrected chi connectivity index (χ4v) is 0.573. The van der Waals surface area contributed by atoms with Gasteiger partial charge in [0.2, 0.25) is 0 Å². The molecule has 0 amide bonds. The van der Waals surface area contributed by atoms with E-state index in [1.807, 2.05) is 0 Å². The van der Waals surface area contributed by atoms with Gasteiger partial charge in [-0.3, -0.25) is 0 Å². The predicted octanol–water partition coefficient (Wildman–Crippen LogP) is 0.527. The van der Waals surface area contributed by atoms with E-state index >= 15 is 0 Å². The lowest BCUT2D eigenvalue weighted by atomic mass is 10.6. The zero-order chi connectivity index (χ0) is 8.10. The first-order chi connectivity index (χ1) is 5.33. The minimum atomic E-state index is -0.376. The summed E-state index contributed by atoms with van der Waals surface area (Å²) in [6.07, 6.45) is 7.82. The van der Waals surface area contributed by atoms with Crippen LogP contribution in [0.25, 0.3) is 6.20 Å².